The fraction of sp³-hybridized carbons (Fsp3) is 0.118. The summed E-state index contributed by atoms with van der Waals surface area (Å²) in [5.41, 5.74) is 2.96. The van der Waals surface area contributed by atoms with E-state index in [9.17, 15) is 10.1 Å². The standard InChI is InChI=1S/C17H13N3O4S/c1-10-2-3-11(6-14(10)20(21)22)13-8-25-17(19-13)18-12-4-5-15-16(7-12)24-9-23-15/h2-8H,9H2,1H3,(H,18,19). The number of thiazole rings is 1. The maximum absolute atomic E-state index is 11.1. The SMILES string of the molecule is Cc1ccc(-c2csc(Nc3ccc4c(c3)OCO4)n2)cc1[N+](=O)[O-]. The number of nitrogens with zero attached hydrogens (tertiary/aromatic N) is 2. The van der Waals surface area contributed by atoms with Crippen molar-refractivity contribution in [2.75, 3.05) is 12.1 Å². The molecule has 126 valence electrons. The van der Waals surface area contributed by atoms with Gasteiger partial charge in [0.25, 0.3) is 5.69 Å². The topological polar surface area (TPSA) is 86.5 Å². The molecule has 1 aliphatic rings. The number of aromatic nitrogens is 1. The summed E-state index contributed by atoms with van der Waals surface area (Å²) in [5.74, 6) is 1.41. The normalized spacial score (nSPS) is 12.2. The van der Waals surface area contributed by atoms with Crippen LogP contribution in [0.5, 0.6) is 11.5 Å². The van der Waals surface area contributed by atoms with Crippen LogP contribution in [0, 0.1) is 17.0 Å². The quantitative estimate of drug-likeness (QED) is 0.548. The highest BCUT2D eigenvalue weighted by Gasteiger charge is 2.15. The molecule has 1 N–H and O–H groups in total. The van der Waals surface area contributed by atoms with E-state index in [0.717, 1.165) is 11.4 Å². The molecular formula is C17H13N3O4S. The summed E-state index contributed by atoms with van der Waals surface area (Å²) in [4.78, 5) is 15.2. The Kier molecular flexibility index (Phi) is 3.73. The number of rotatable bonds is 4. The van der Waals surface area contributed by atoms with Crippen LogP contribution in [0.2, 0.25) is 0 Å². The van der Waals surface area contributed by atoms with Gasteiger partial charge in [0.2, 0.25) is 6.79 Å². The first kappa shape index (κ1) is 15.4. The van der Waals surface area contributed by atoms with E-state index in [1.165, 1.54) is 11.3 Å². The highest BCUT2D eigenvalue weighted by Crippen LogP contribution is 2.36. The molecule has 0 amide bonds. The lowest BCUT2D eigenvalue weighted by atomic mass is 10.1. The first-order valence-corrected chi connectivity index (χ1v) is 8.36. The summed E-state index contributed by atoms with van der Waals surface area (Å²) in [5, 5.41) is 16.9. The van der Waals surface area contributed by atoms with E-state index < -0.39 is 0 Å². The number of benzene rings is 2. The molecular weight excluding hydrogens is 342 g/mol. The fourth-order valence-corrected chi connectivity index (χ4v) is 3.27. The number of aryl methyl sites for hydroxylation is 1. The second-order valence-electron chi connectivity index (χ2n) is 5.49. The summed E-state index contributed by atoms with van der Waals surface area (Å²) < 4.78 is 10.6. The first-order valence-electron chi connectivity index (χ1n) is 7.48. The minimum atomic E-state index is -0.378. The predicted octanol–water partition coefficient (Wildman–Crippen LogP) is 4.50. The van der Waals surface area contributed by atoms with Gasteiger partial charge in [0, 0.05) is 34.3 Å². The van der Waals surface area contributed by atoms with Crippen LogP contribution in [-0.4, -0.2) is 16.7 Å². The van der Waals surface area contributed by atoms with Gasteiger partial charge in [0.15, 0.2) is 16.6 Å². The minimum Gasteiger partial charge on any atom is -0.454 e. The molecule has 8 heteroatoms. The molecule has 3 aromatic rings. The molecule has 2 aromatic carbocycles. The van der Waals surface area contributed by atoms with Crippen molar-refractivity contribution in [3.63, 3.8) is 0 Å². The molecule has 0 unspecified atom stereocenters. The molecule has 25 heavy (non-hydrogen) atoms. The van der Waals surface area contributed by atoms with Gasteiger partial charge in [-0.3, -0.25) is 10.1 Å². The number of nitro groups is 1. The number of nitrogens with one attached hydrogen (secondary N) is 1. The van der Waals surface area contributed by atoms with Crippen molar-refractivity contribution in [2.24, 2.45) is 0 Å². The zero-order valence-electron chi connectivity index (χ0n) is 13.2. The van der Waals surface area contributed by atoms with E-state index in [0.29, 0.717) is 27.7 Å². The van der Waals surface area contributed by atoms with Gasteiger partial charge >= 0.3 is 0 Å². The lowest BCUT2D eigenvalue weighted by molar-refractivity contribution is -0.385. The summed E-state index contributed by atoms with van der Waals surface area (Å²) in [6.07, 6.45) is 0. The van der Waals surface area contributed by atoms with E-state index >= 15 is 0 Å². The molecule has 1 aromatic heterocycles. The molecule has 4 rings (SSSR count). The lowest BCUT2D eigenvalue weighted by Gasteiger charge is -2.04. The Morgan fingerprint density at radius 2 is 2.04 bits per heavy atom. The van der Waals surface area contributed by atoms with Gasteiger partial charge in [-0.25, -0.2) is 4.98 Å². The summed E-state index contributed by atoms with van der Waals surface area (Å²) in [7, 11) is 0. The molecule has 1 aliphatic heterocycles. The highest BCUT2D eigenvalue weighted by atomic mass is 32.1. The van der Waals surface area contributed by atoms with Crippen LogP contribution in [0.1, 0.15) is 5.56 Å². The second kappa shape index (κ2) is 6.06. The zero-order chi connectivity index (χ0) is 17.4. The number of hydrogen-bond acceptors (Lipinski definition) is 7. The monoisotopic (exact) mass is 355 g/mol. The molecule has 0 saturated carbocycles. The fourth-order valence-electron chi connectivity index (χ4n) is 2.53. The lowest BCUT2D eigenvalue weighted by Crippen LogP contribution is -1.93. The highest BCUT2D eigenvalue weighted by molar-refractivity contribution is 7.14. The van der Waals surface area contributed by atoms with Crippen LogP contribution in [-0.2, 0) is 0 Å². The Bertz CT molecular complexity index is 970. The van der Waals surface area contributed by atoms with Crippen LogP contribution in [0.3, 0.4) is 0 Å². The third kappa shape index (κ3) is 2.99. The average molecular weight is 355 g/mol. The zero-order valence-corrected chi connectivity index (χ0v) is 14.0. The Labute approximate surface area is 147 Å². The van der Waals surface area contributed by atoms with Gasteiger partial charge in [-0.15, -0.1) is 11.3 Å². The third-order valence-corrected chi connectivity index (χ3v) is 4.59. The second-order valence-corrected chi connectivity index (χ2v) is 6.35. The molecule has 0 spiro atoms. The molecule has 0 aliphatic carbocycles. The summed E-state index contributed by atoms with van der Waals surface area (Å²) in [6.45, 7) is 1.95. The minimum absolute atomic E-state index is 0.0933. The van der Waals surface area contributed by atoms with Gasteiger partial charge < -0.3 is 14.8 Å². The number of nitro benzene ring substituents is 1. The van der Waals surface area contributed by atoms with E-state index in [2.05, 4.69) is 10.3 Å². The largest absolute Gasteiger partial charge is 0.454 e. The number of ether oxygens (including phenoxy) is 2. The van der Waals surface area contributed by atoms with Crippen LogP contribution >= 0.6 is 11.3 Å². The predicted molar refractivity (Wildman–Crippen MR) is 94.8 cm³/mol. The molecule has 0 bridgehead atoms. The Balaban J connectivity index is 1.58. The van der Waals surface area contributed by atoms with Crippen LogP contribution in [0.15, 0.2) is 41.8 Å². The van der Waals surface area contributed by atoms with E-state index in [-0.39, 0.29) is 17.4 Å². The molecule has 0 radical (unpaired) electrons. The van der Waals surface area contributed by atoms with Crippen molar-refractivity contribution in [2.45, 2.75) is 6.92 Å². The van der Waals surface area contributed by atoms with E-state index in [1.807, 2.05) is 29.6 Å². The Hall–Kier alpha value is -3.13. The maximum Gasteiger partial charge on any atom is 0.272 e. The van der Waals surface area contributed by atoms with E-state index in [1.54, 1.807) is 19.1 Å². The van der Waals surface area contributed by atoms with Gasteiger partial charge in [0.05, 0.1) is 10.6 Å². The smallest absolute Gasteiger partial charge is 0.272 e. The molecule has 0 fully saturated rings. The maximum atomic E-state index is 11.1. The third-order valence-electron chi connectivity index (χ3n) is 3.83. The van der Waals surface area contributed by atoms with Crippen molar-refractivity contribution in [3.05, 3.63) is 57.5 Å². The molecule has 2 heterocycles. The van der Waals surface area contributed by atoms with Crippen molar-refractivity contribution >= 4 is 27.8 Å². The number of anilines is 2. The van der Waals surface area contributed by atoms with Gasteiger partial charge in [0.1, 0.15) is 0 Å². The Morgan fingerprint density at radius 3 is 2.88 bits per heavy atom. The Morgan fingerprint density at radius 1 is 1.20 bits per heavy atom. The van der Waals surface area contributed by atoms with Crippen molar-refractivity contribution in [3.8, 4) is 22.8 Å². The van der Waals surface area contributed by atoms with Crippen molar-refractivity contribution in [1.82, 2.24) is 4.98 Å². The van der Waals surface area contributed by atoms with Gasteiger partial charge in [-0.05, 0) is 19.1 Å². The van der Waals surface area contributed by atoms with Crippen LogP contribution in [0.25, 0.3) is 11.3 Å². The van der Waals surface area contributed by atoms with Crippen molar-refractivity contribution < 1.29 is 14.4 Å². The van der Waals surface area contributed by atoms with Gasteiger partial charge in [-0.1, -0.05) is 12.1 Å². The first-order chi connectivity index (χ1) is 12.1. The molecule has 0 atom stereocenters. The average Bonchev–Trinajstić information content (AvgIpc) is 3.24. The number of hydrogen-bond donors (Lipinski definition) is 1. The van der Waals surface area contributed by atoms with E-state index in [4.69, 9.17) is 9.47 Å². The van der Waals surface area contributed by atoms with Crippen LogP contribution in [0.4, 0.5) is 16.5 Å². The summed E-state index contributed by atoms with van der Waals surface area (Å²) in [6, 6.07) is 10.7. The molecule has 0 saturated heterocycles. The van der Waals surface area contributed by atoms with Crippen LogP contribution < -0.4 is 14.8 Å². The van der Waals surface area contributed by atoms with Gasteiger partial charge in [-0.2, -0.15) is 0 Å². The number of fused-ring (bicyclic) bond motifs is 1. The summed E-state index contributed by atoms with van der Waals surface area (Å²) >= 11 is 1.43. The molecule has 7 nitrogen and oxygen atoms in total. The van der Waals surface area contributed by atoms with Crippen molar-refractivity contribution in [1.29, 1.82) is 0 Å².